The minimum Gasteiger partial charge on any atom is -0.550 e. The zero-order valence-corrected chi connectivity index (χ0v) is 31.0. The van der Waals surface area contributed by atoms with Crippen LogP contribution in [0, 0.1) is 39.9 Å². The number of carbonyl (C=O) groups excluding carboxylic acids is 1. The molecule has 2 aliphatic carbocycles. The predicted octanol–water partition coefficient (Wildman–Crippen LogP) is 9.07. The van der Waals surface area contributed by atoms with E-state index in [4.69, 9.17) is 13.6 Å². The molecule has 2 aliphatic rings. The average molecular weight is 593 g/mol. The Morgan fingerprint density at radius 1 is 1.02 bits per heavy atom. The minimum atomic E-state index is -1.49. The van der Waals surface area contributed by atoms with E-state index in [1.165, 1.54) is 31.4 Å². The molecule has 0 aromatic heterocycles. The first-order chi connectivity index (χ1) is 18.1. The van der Waals surface area contributed by atoms with Crippen LogP contribution in [0.3, 0.4) is 0 Å². The molecular formula is C34H64O4Si2. The van der Waals surface area contributed by atoms with E-state index >= 15 is 0 Å². The lowest BCUT2D eigenvalue weighted by Crippen LogP contribution is -2.49. The summed E-state index contributed by atoms with van der Waals surface area (Å²) in [7, 11) is -2.88. The van der Waals surface area contributed by atoms with Gasteiger partial charge in [0.25, 0.3) is 0 Å². The van der Waals surface area contributed by atoms with E-state index in [0.717, 1.165) is 18.4 Å². The van der Waals surface area contributed by atoms with E-state index in [-0.39, 0.29) is 28.6 Å². The molecule has 0 bridgehead atoms. The van der Waals surface area contributed by atoms with Crippen LogP contribution in [0.2, 0.25) is 26.2 Å². The van der Waals surface area contributed by atoms with Crippen LogP contribution in [0.5, 0.6) is 0 Å². The summed E-state index contributed by atoms with van der Waals surface area (Å²) >= 11 is 0. The van der Waals surface area contributed by atoms with Crippen LogP contribution in [-0.4, -0.2) is 35.8 Å². The van der Waals surface area contributed by atoms with Crippen LogP contribution in [0.4, 0.5) is 0 Å². The molecule has 0 spiro atoms. The predicted molar refractivity (Wildman–Crippen MR) is 175 cm³/mol. The van der Waals surface area contributed by atoms with Crippen LogP contribution >= 0.6 is 0 Å². The maximum Gasteiger partial charge on any atom is 0.311 e. The lowest BCUT2D eigenvalue weighted by molar-refractivity contribution is -0.167. The fraction of sp³-hybridized carbons (Fsp3) is 0.853. The number of carbonyl (C=O) groups is 1. The highest BCUT2D eigenvalue weighted by Gasteiger charge is 2.66. The number of fused-ring (bicyclic) bond motifs is 1. The molecule has 0 N–H and O–H groups in total. The monoisotopic (exact) mass is 592 g/mol. The number of hydrogen-bond acceptors (Lipinski definition) is 4. The average Bonchev–Trinajstić information content (AvgIpc) is 3.20. The molecule has 6 atom stereocenters. The van der Waals surface area contributed by atoms with Crippen LogP contribution in [0.15, 0.2) is 24.0 Å². The molecule has 1 unspecified atom stereocenters. The summed E-state index contributed by atoms with van der Waals surface area (Å²) in [6.07, 6.45) is 8.73. The standard InChI is InChI=1S/C34H64O4Si2/c1-16-17-18-19-24(31(3,4)5)21-27(37-39(12)13)28-25-20-23(2)29(36-30(35)33(9,10)11)34(25,38-40(14)15)22-26(28)32(6,7)8/h21,24-26,28-29,39-40H,2,16-20,22H2,1,3-15H3/b27-21+/t24-,25-,26+,28+,29?,34-/m0/s1. The second kappa shape index (κ2) is 13.2. The van der Waals surface area contributed by atoms with Gasteiger partial charge in [-0.25, -0.2) is 0 Å². The summed E-state index contributed by atoms with van der Waals surface area (Å²) < 4.78 is 20.5. The number of allylic oxidation sites excluding steroid dienone is 2. The molecule has 40 heavy (non-hydrogen) atoms. The van der Waals surface area contributed by atoms with Crippen molar-refractivity contribution >= 4 is 24.0 Å². The van der Waals surface area contributed by atoms with Gasteiger partial charge in [-0.1, -0.05) is 74.3 Å². The maximum absolute atomic E-state index is 13.3. The Hall–Kier alpha value is -0.856. The molecule has 0 saturated heterocycles. The Morgan fingerprint density at radius 2 is 1.62 bits per heavy atom. The molecule has 0 aliphatic heterocycles. The SMILES string of the molecule is C=C1C[C@H]2[C@@H](/C(=C\[C@H](CCCCC)C(C)(C)C)O[SiH](C)C)[C@H](C(C)(C)C)C[C@@]2(O[SiH](C)C)C1OC(=O)C(C)(C)C. The fourth-order valence-electron chi connectivity index (χ4n) is 6.97. The van der Waals surface area contributed by atoms with Crippen LogP contribution in [-0.2, 0) is 18.4 Å². The molecule has 4 nitrogen and oxygen atoms in total. The maximum atomic E-state index is 13.3. The molecule has 0 amide bonds. The van der Waals surface area contributed by atoms with E-state index in [1.54, 1.807) is 0 Å². The molecule has 6 heteroatoms. The lowest BCUT2D eigenvalue weighted by atomic mass is 9.70. The molecule has 2 rings (SSSR count). The van der Waals surface area contributed by atoms with Crippen molar-refractivity contribution in [2.75, 3.05) is 0 Å². The van der Waals surface area contributed by atoms with E-state index in [1.807, 2.05) is 20.8 Å². The lowest BCUT2D eigenvalue weighted by Gasteiger charge is -2.39. The van der Waals surface area contributed by atoms with Gasteiger partial charge < -0.3 is 13.6 Å². The van der Waals surface area contributed by atoms with Crippen molar-refractivity contribution < 1.29 is 18.4 Å². The van der Waals surface area contributed by atoms with Crippen molar-refractivity contribution in [2.24, 2.45) is 39.9 Å². The normalized spacial score (nSPS) is 28.8. The first-order valence-corrected chi connectivity index (χ1v) is 21.7. The van der Waals surface area contributed by atoms with Gasteiger partial charge in [0.1, 0.15) is 5.60 Å². The molecule has 2 saturated carbocycles. The van der Waals surface area contributed by atoms with Gasteiger partial charge in [-0.3, -0.25) is 4.79 Å². The Bertz CT molecular complexity index is 902. The van der Waals surface area contributed by atoms with Crippen LogP contribution in [0.1, 0.15) is 108 Å². The highest BCUT2D eigenvalue weighted by molar-refractivity contribution is 6.49. The first kappa shape index (κ1) is 35.3. The third kappa shape index (κ3) is 8.37. The zero-order valence-electron chi connectivity index (χ0n) is 28.7. The summed E-state index contributed by atoms with van der Waals surface area (Å²) in [5.41, 5.74) is 0.0859. The quantitative estimate of drug-likeness (QED) is 0.0789. The Morgan fingerprint density at radius 3 is 2.08 bits per heavy atom. The number of unbranched alkanes of at least 4 members (excludes halogenated alkanes) is 2. The Labute approximate surface area is 251 Å². The largest absolute Gasteiger partial charge is 0.550 e. The smallest absolute Gasteiger partial charge is 0.311 e. The van der Waals surface area contributed by atoms with Crippen LogP contribution in [0.25, 0.3) is 0 Å². The van der Waals surface area contributed by atoms with Gasteiger partial charge in [-0.2, -0.15) is 0 Å². The van der Waals surface area contributed by atoms with Crippen molar-refractivity contribution in [3.63, 3.8) is 0 Å². The third-order valence-electron chi connectivity index (χ3n) is 9.03. The summed E-state index contributed by atoms with van der Waals surface area (Å²) in [5.74, 6) is 2.21. The number of rotatable bonds is 11. The fourth-order valence-corrected chi connectivity index (χ4v) is 9.02. The summed E-state index contributed by atoms with van der Waals surface area (Å²) in [6.45, 7) is 35.8. The van der Waals surface area contributed by atoms with E-state index in [0.29, 0.717) is 11.8 Å². The first-order valence-electron chi connectivity index (χ1n) is 16.1. The van der Waals surface area contributed by atoms with Gasteiger partial charge in [0.2, 0.25) is 9.04 Å². The summed E-state index contributed by atoms with van der Waals surface area (Å²) in [5, 5.41) is 0. The molecule has 0 radical (unpaired) electrons. The van der Waals surface area contributed by atoms with Gasteiger partial charge >= 0.3 is 5.97 Å². The second-order valence-electron chi connectivity index (χ2n) is 16.5. The second-order valence-corrected chi connectivity index (χ2v) is 21.2. The van der Waals surface area contributed by atoms with Crippen molar-refractivity contribution in [1.29, 1.82) is 0 Å². The van der Waals surface area contributed by atoms with Crippen molar-refractivity contribution in [3.8, 4) is 0 Å². The topological polar surface area (TPSA) is 44.8 Å². The number of esters is 1. The van der Waals surface area contributed by atoms with Gasteiger partial charge in [0.15, 0.2) is 15.1 Å². The van der Waals surface area contributed by atoms with E-state index < -0.39 is 35.2 Å². The summed E-state index contributed by atoms with van der Waals surface area (Å²) in [4.78, 5) is 13.3. The molecule has 0 aromatic carbocycles. The highest BCUT2D eigenvalue weighted by Crippen LogP contribution is 2.63. The number of ether oxygens (including phenoxy) is 1. The molecule has 0 aromatic rings. The van der Waals surface area contributed by atoms with Crippen molar-refractivity contribution in [3.05, 3.63) is 24.0 Å². The Kier molecular flexibility index (Phi) is 11.7. The van der Waals surface area contributed by atoms with Gasteiger partial charge in [-0.15, -0.1) is 0 Å². The van der Waals surface area contributed by atoms with Gasteiger partial charge in [-0.05, 0) is 101 Å². The van der Waals surface area contributed by atoms with Crippen molar-refractivity contribution in [2.45, 2.75) is 146 Å². The molecular weight excluding hydrogens is 529 g/mol. The molecule has 2 fully saturated rings. The van der Waals surface area contributed by atoms with E-state index in [2.05, 4.69) is 87.3 Å². The van der Waals surface area contributed by atoms with Gasteiger partial charge in [0.05, 0.1) is 11.2 Å². The van der Waals surface area contributed by atoms with Gasteiger partial charge in [0, 0.05) is 11.8 Å². The third-order valence-corrected chi connectivity index (χ3v) is 10.7. The van der Waals surface area contributed by atoms with Crippen LogP contribution < -0.4 is 0 Å². The number of hydrogen-bond donors (Lipinski definition) is 0. The van der Waals surface area contributed by atoms with Crippen molar-refractivity contribution in [1.82, 2.24) is 0 Å². The minimum absolute atomic E-state index is 0.0459. The van der Waals surface area contributed by atoms with E-state index in [9.17, 15) is 4.79 Å². The Balaban J connectivity index is 2.73. The summed E-state index contributed by atoms with van der Waals surface area (Å²) in [6, 6.07) is 0. The highest BCUT2D eigenvalue weighted by atomic mass is 28.3. The molecule has 232 valence electrons. The zero-order chi connectivity index (χ0) is 30.8. The molecule has 0 heterocycles.